The number of carbonyl (C=O) groups is 2. The molecular weight excluding hydrogens is 398 g/mol. The number of aromatic nitrogens is 1. The van der Waals surface area contributed by atoms with Crippen molar-refractivity contribution in [1.29, 1.82) is 0 Å². The molecule has 4 rings (SSSR count). The highest BCUT2D eigenvalue weighted by Crippen LogP contribution is 2.32. The summed E-state index contributed by atoms with van der Waals surface area (Å²) in [4.78, 5) is 32.0. The molecule has 6 nitrogen and oxygen atoms in total. The second-order valence-electron chi connectivity index (χ2n) is 7.47. The molecule has 1 aliphatic heterocycles. The van der Waals surface area contributed by atoms with Crippen LogP contribution in [0, 0.1) is 6.92 Å². The van der Waals surface area contributed by atoms with E-state index in [0.29, 0.717) is 10.8 Å². The lowest BCUT2D eigenvalue weighted by Crippen LogP contribution is -2.38. The lowest BCUT2D eigenvalue weighted by atomic mass is 10.1. The number of fused-ring (bicyclic) bond motifs is 1. The topological polar surface area (TPSA) is 85.5 Å². The molecule has 0 saturated carbocycles. The van der Waals surface area contributed by atoms with Crippen LogP contribution in [-0.4, -0.2) is 29.5 Å². The predicted molar refractivity (Wildman–Crippen MR) is 118 cm³/mol. The van der Waals surface area contributed by atoms with E-state index in [4.69, 9.17) is 10.5 Å². The predicted octanol–water partition coefficient (Wildman–Crippen LogP) is 3.76. The molecule has 0 spiro atoms. The zero-order valence-corrected chi connectivity index (χ0v) is 17.7. The molecule has 2 heterocycles. The average Bonchev–Trinajstić information content (AvgIpc) is 3.25. The number of esters is 1. The Hall–Kier alpha value is -3.19. The maximum atomic E-state index is 12.7. The minimum Gasteiger partial charge on any atom is -0.455 e. The Morgan fingerprint density at radius 1 is 1.20 bits per heavy atom. The van der Waals surface area contributed by atoms with Crippen LogP contribution >= 0.6 is 11.3 Å². The molecule has 30 heavy (non-hydrogen) atoms. The van der Waals surface area contributed by atoms with Gasteiger partial charge in [-0.15, -0.1) is 11.3 Å². The molecule has 3 aromatic rings. The Balaban J connectivity index is 1.41. The summed E-state index contributed by atoms with van der Waals surface area (Å²) in [5.41, 5.74) is 10.6. The molecule has 0 radical (unpaired) electrons. The van der Waals surface area contributed by atoms with Gasteiger partial charge < -0.3 is 15.4 Å². The SMILES string of the molecule is Cc1ccc(-c2nc(N)sc2CC(=O)OCC(=O)N2c3ccccc3C[C@@H]2C)cc1. The van der Waals surface area contributed by atoms with Crippen molar-refractivity contribution >= 4 is 34.0 Å². The van der Waals surface area contributed by atoms with E-state index < -0.39 is 5.97 Å². The molecule has 1 amide bonds. The van der Waals surface area contributed by atoms with Gasteiger partial charge in [-0.1, -0.05) is 48.0 Å². The van der Waals surface area contributed by atoms with Gasteiger partial charge in [0, 0.05) is 22.2 Å². The summed E-state index contributed by atoms with van der Waals surface area (Å²) >= 11 is 1.26. The molecule has 1 atom stereocenters. The summed E-state index contributed by atoms with van der Waals surface area (Å²) in [7, 11) is 0. The number of amides is 1. The monoisotopic (exact) mass is 421 g/mol. The van der Waals surface area contributed by atoms with E-state index >= 15 is 0 Å². The van der Waals surface area contributed by atoms with Crippen LogP contribution < -0.4 is 10.6 Å². The first-order valence-corrected chi connectivity index (χ1v) is 10.6. The van der Waals surface area contributed by atoms with Gasteiger partial charge in [0.2, 0.25) is 0 Å². The number of hydrogen-bond acceptors (Lipinski definition) is 6. The normalized spacial score (nSPS) is 15.1. The molecule has 1 aliphatic rings. The van der Waals surface area contributed by atoms with E-state index in [-0.39, 0.29) is 25.0 Å². The molecular formula is C23H23N3O3S. The quantitative estimate of drug-likeness (QED) is 0.634. The van der Waals surface area contributed by atoms with Gasteiger partial charge in [-0.25, -0.2) is 4.98 Å². The number of nitrogen functional groups attached to an aromatic ring is 1. The van der Waals surface area contributed by atoms with Gasteiger partial charge in [0.05, 0.1) is 12.1 Å². The van der Waals surface area contributed by atoms with Gasteiger partial charge >= 0.3 is 5.97 Å². The number of rotatable bonds is 5. The van der Waals surface area contributed by atoms with E-state index in [9.17, 15) is 9.59 Å². The number of ether oxygens (including phenoxy) is 1. The molecule has 0 fully saturated rings. The fraction of sp³-hybridized carbons (Fsp3) is 0.261. The first-order valence-electron chi connectivity index (χ1n) is 9.80. The summed E-state index contributed by atoms with van der Waals surface area (Å²) in [6.07, 6.45) is 0.827. The standard InChI is InChI=1S/C23H23N3O3S/c1-14-7-9-16(10-8-14)22-19(30-23(24)25-22)12-21(28)29-13-20(27)26-15(2)11-17-5-3-4-6-18(17)26/h3-10,15H,11-13H2,1-2H3,(H2,24,25)/t15-/m0/s1. The Kier molecular flexibility index (Phi) is 5.55. The Bertz CT molecular complexity index is 1090. The Morgan fingerprint density at radius 3 is 2.70 bits per heavy atom. The zero-order valence-electron chi connectivity index (χ0n) is 16.9. The number of hydrogen-bond donors (Lipinski definition) is 1. The van der Waals surface area contributed by atoms with Crippen molar-refractivity contribution in [3.8, 4) is 11.3 Å². The lowest BCUT2D eigenvalue weighted by molar-refractivity contribution is -0.147. The van der Waals surface area contributed by atoms with Crippen LogP contribution in [0.1, 0.15) is 22.9 Å². The minimum absolute atomic E-state index is 0.0253. The third-order valence-electron chi connectivity index (χ3n) is 5.18. The van der Waals surface area contributed by atoms with Crippen LogP contribution in [0.5, 0.6) is 0 Å². The fourth-order valence-electron chi connectivity index (χ4n) is 3.77. The third kappa shape index (κ3) is 4.07. The summed E-state index contributed by atoms with van der Waals surface area (Å²) in [6, 6.07) is 15.7. The summed E-state index contributed by atoms with van der Waals surface area (Å²) in [5, 5.41) is 0.395. The number of benzene rings is 2. The number of anilines is 2. The molecule has 2 aromatic carbocycles. The molecule has 0 unspecified atom stereocenters. The number of nitrogens with two attached hydrogens (primary N) is 1. The molecule has 7 heteroatoms. The van der Waals surface area contributed by atoms with Crippen molar-refractivity contribution in [2.75, 3.05) is 17.2 Å². The molecule has 0 saturated heterocycles. The van der Waals surface area contributed by atoms with Crippen LogP contribution in [0.4, 0.5) is 10.8 Å². The molecule has 2 N–H and O–H groups in total. The van der Waals surface area contributed by atoms with E-state index in [1.165, 1.54) is 11.3 Å². The maximum Gasteiger partial charge on any atom is 0.311 e. The van der Waals surface area contributed by atoms with Gasteiger partial charge in [0.15, 0.2) is 11.7 Å². The zero-order chi connectivity index (χ0) is 21.3. The largest absolute Gasteiger partial charge is 0.455 e. The highest BCUT2D eigenvalue weighted by molar-refractivity contribution is 7.15. The second kappa shape index (κ2) is 8.28. The van der Waals surface area contributed by atoms with Crippen molar-refractivity contribution in [2.24, 2.45) is 0 Å². The highest BCUT2D eigenvalue weighted by Gasteiger charge is 2.31. The number of aryl methyl sites for hydroxylation is 1. The Morgan fingerprint density at radius 2 is 1.93 bits per heavy atom. The average molecular weight is 422 g/mol. The summed E-state index contributed by atoms with van der Waals surface area (Å²) in [5.74, 6) is -0.691. The Labute approximate surface area is 179 Å². The third-order valence-corrected chi connectivity index (χ3v) is 6.06. The van der Waals surface area contributed by atoms with Crippen LogP contribution in [-0.2, 0) is 27.2 Å². The van der Waals surface area contributed by atoms with Crippen LogP contribution in [0.25, 0.3) is 11.3 Å². The minimum atomic E-state index is -0.472. The number of nitrogens with zero attached hydrogens (tertiary/aromatic N) is 2. The van der Waals surface area contributed by atoms with Crippen LogP contribution in [0.2, 0.25) is 0 Å². The van der Waals surface area contributed by atoms with E-state index in [0.717, 1.165) is 33.7 Å². The number of carbonyl (C=O) groups excluding carboxylic acids is 2. The van der Waals surface area contributed by atoms with Gasteiger partial charge in [-0.05, 0) is 31.9 Å². The van der Waals surface area contributed by atoms with Crippen molar-refractivity contribution in [2.45, 2.75) is 32.7 Å². The summed E-state index contributed by atoms with van der Waals surface area (Å²) in [6.45, 7) is 3.72. The first-order chi connectivity index (χ1) is 14.4. The van der Waals surface area contributed by atoms with Crippen molar-refractivity contribution < 1.29 is 14.3 Å². The van der Waals surface area contributed by atoms with E-state index in [2.05, 4.69) is 4.98 Å². The van der Waals surface area contributed by atoms with Crippen molar-refractivity contribution in [1.82, 2.24) is 4.98 Å². The summed E-state index contributed by atoms with van der Waals surface area (Å²) < 4.78 is 5.31. The smallest absolute Gasteiger partial charge is 0.311 e. The molecule has 154 valence electrons. The molecule has 1 aromatic heterocycles. The first kappa shape index (κ1) is 20.1. The van der Waals surface area contributed by atoms with Gasteiger partial charge in [0.25, 0.3) is 5.91 Å². The van der Waals surface area contributed by atoms with E-state index in [1.807, 2.05) is 62.4 Å². The van der Waals surface area contributed by atoms with Gasteiger partial charge in [-0.3, -0.25) is 9.59 Å². The van der Waals surface area contributed by atoms with Crippen molar-refractivity contribution in [3.63, 3.8) is 0 Å². The second-order valence-corrected chi connectivity index (χ2v) is 8.59. The van der Waals surface area contributed by atoms with Gasteiger partial charge in [-0.2, -0.15) is 0 Å². The number of thiazole rings is 1. The molecule has 0 bridgehead atoms. The highest BCUT2D eigenvalue weighted by atomic mass is 32.1. The lowest BCUT2D eigenvalue weighted by Gasteiger charge is -2.22. The van der Waals surface area contributed by atoms with Crippen molar-refractivity contribution in [3.05, 3.63) is 64.5 Å². The van der Waals surface area contributed by atoms with Crippen LogP contribution in [0.15, 0.2) is 48.5 Å². The van der Waals surface area contributed by atoms with E-state index in [1.54, 1.807) is 4.90 Å². The number of para-hydroxylation sites is 1. The fourth-order valence-corrected chi connectivity index (χ4v) is 4.61. The van der Waals surface area contributed by atoms with Crippen LogP contribution in [0.3, 0.4) is 0 Å². The maximum absolute atomic E-state index is 12.7. The molecule has 0 aliphatic carbocycles. The van der Waals surface area contributed by atoms with Gasteiger partial charge in [0.1, 0.15) is 0 Å².